The molecule has 8 heteroatoms. The first-order valence-electron chi connectivity index (χ1n) is 10.2. The topological polar surface area (TPSA) is 67.9 Å². The molecule has 1 aliphatic carbocycles. The number of anilines is 1. The van der Waals surface area contributed by atoms with Crippen LogP contribution >= 0.6 is 11.6 Å². The SMILES string of the molecule is CCOc1c(C)c(F)c(Cl)c(OC)c1NC(=O)C1CC(=O)N(C2CCCCC2)C1. The molecule has 29 heavy (non-hydrogen) atoms. The number of amides is 2. The van der Waals surface area contributed by atoms with Gasteiger partial charge in [0.25, 0.3) is 0 Å². The number of carbonyl (C=O) groups is 2. The summed E-state index contributed by atoms with van der Waals surface area (Å²) in [6, 6.07) is 0.227. The summed E-state index contributed by atoms with van der Waals surface area (Å²) in [6.45, 7) is 3.98. The van der Waals surface area contributed by atoms with Gasteiger partial charge in [0.15, 0.2) is 17.3 Å². The van der Waals surface area contributed by atoms with Gasteiger partial charge in [0, 0.05) is 24.6 Å². The maximum Gasteiger partial charge on any atom is 0.230 e. The zero-order chi connectivity index (χ0) is 21.1. The van der Waals surface area contributed by atoms with E-state index in [9.17, 15) is 14.0 Å². The number of nitrogens with zero attached hydrogens (tertiary/aromatic N) is 1. The van der Waals surface area contributed by atoms with Crippen LogP contribution in [0.1, 0.15) is 51.0 Å². The number of nitrogens with one attached hydrogen (secondary N) is 1. The quantitative estimate of drug-likeness (QED) is 0.735. The van der Waals surface area contributed by atoms with Crippen LogP contribution < -0.4 is 14.8 Å². The average Bonchev–Trinajstić information content (AvgIpc) is 3.12. The summed E-state index contributed by atoms with van der Waals surface area (Å²) in [5.41, 5.74) is 0.395. The van der Waals surface area contributed by atoms with Crippen LogP contribution in [0.15, 0.2) is 0 Å². The number of hydrogen-bond donors (Lipinski definition) is 1. The van der Waals surface area contributed by atoms with E-state index in [4.69, 9.17) is 21.1 Å². The van der Waals surface area contributed by atoms with E-state index in [0.717, 1.165) is 25.7 Å². The molecule has 1 unspecified atom stereocenters. The van der Waals surface area contributed by atoms with Crippen LogP contribution in [-0.2, 0) is 9.59 Å². The molecule has 1 aromatic rings. The molecule has 160 valence electrons. The van der Waals surface area contributed by atoms with Gasteiger partial charge in [-0.3, -0.25) is 9.59 Å². The molecule has 1 heterocycles. The Morgan fingerprint density at radius 1 is 1.28 bits per heavy atom. The van der Waals surface area contributed by atoms with E-state index in [1.165, 1.54) is 20.5 Å². The fraction of sp³-hybridized carbons (Fsp3) is 0.619. The van der Waals surface area contributed by atoms with Gasteiger partial charge in [-0.2, -0.15) is 0 Å². The summed E-state index contributed by atoms with van der Waals surface area (Å²) in [5.74, 6) is -1.23. The average molecular weight is 427 g/mol. The van der Waals surface area contributed by atoms with Crippen molar-refractivity contribution >= 4 is 29.1 Å². The van der Waals surface area contributed by atoms with E-state index in [1.54, 1.807) is 6.92 Å². The second kappa shape index (κ2) is 9.20. The van der Waals surface area contributed by atoms with Crippen molar-refractivity contribution in [3.63, 3.8) is 0 Å². The van der Waals surface area contributed by atoms with E-state index >= 15 is 0 Å². The summed E-state index contributed by atoms with van der Waals surface area (Å²) < 4.78 is 25.3. The molecule has 0 aromatic heterocycles. The molecule has 2 amide bonds. The standard InChI is InChI=1S/C21H28ClFN2O4/c1-4-29-19-12(2)17(23)16(22)20(28-3)18(19)24-21(27)13-10-15(26)25(11-13)14-8-6-5-7-9-14/h13-14H,4-11H2,1-3H3,(H,24,27). The molecule has 1 N–H and O–H groups in total. The molecular weight excluding hydrogens is 399 g/mol. The number of halogens is 2. The largest absolute Gasteiger partial charge is 0.493 e. The number of carbonyl (C=O) groups excluding carboxylic acids is 2. The highest BCUT2D eigenvalue weighted by atomic mass is 35.5. The molecule has 1 atom stereocenters. The second-order valence-electron chi connectivity index (χ2n) is 7.65. The van der Waals surface area contributed by atoms with Gasteiger partial charge in [-0.15, -0.1) is 0 Å². The van der Waals surface area contributed by atoms with E-state index in [0.29, 0.717) is 6.54 Å². The minimum atomic E-state index is -0.649. The van der Waals surface area contributed by atoms with Crippen molar-refractivity contribution in [2.24, 2.45) is 5.92 Å². The number of likely N-dealkylation sites (tertiary alicyclic amines) is 1. The molecular formula is C21H28ClFN2O4. The third kappa shape index (κ3) is 4.29. The minimum absolute atomic E-state index is 0.0139. The van der Waals surface area contributed by atoms with Gasteiger partial charge >= 0.3 is 0 Å². The number of ether oxygens (including phenoxy) is 2. The summed E-state index contributed by atoms with van der Waals surface area (Å²) in [6.07, 6.45) is 5.60. The number of rotatable bonds is 6. The molecule has 1 aromatic carbocycles. The fourth-order valence-corrected chi connectivity index (χ4v) is 4.59. The molecule has 1 aliphatic heterocycles. The van der Waals surface area contributed by atoms with Gasteiger partial charge in [-0.25, -0.2) is 4.39 Å². The highest BCUT2D eigenvalue weighted by Crippen LogP contribution is 2.45. The smallest absolute Gasteiger partial charge is 0.230 e. The maximum absolute atomic E-state index is 14.4. The van der Waals surface area contributed by atoms with E-state index in [-0.39, 0.29) is 58.7 Å². The Kier molecular flexibility index (Phi) is 6.88. The predicted molar refractivity (Wildman–Crippen MR) is 109 cm³/mol. The minimum Gasteiger partial charge on any atom is -0.493 e. The van der Waals surface area contributed by atoms with Crippen molar-refractivity contribution < 1.29 is 23.5 Å². The van der Waals surface area contributed by atoms with Crippen molar-refractivity contribution in [2.75, 3.05) is 25.6 Å². The van der Waals surface area contributed by atoms with Crippen molar-refractivity contribution in [1.29, 1.82) is 0 Å². The van der Waals surface area contributed by atoms with Crippen LogP contribution in [0, 0.1) is 18.7 Å². The van der Waals surface area contributed by atoms with Crippen LogP contribution in [0.5, 0.6) is 11.5 Å². The molecule has 0 radical (unpaired) electrons. The van der Waals surface area contributed by atoms with Crippen LogP contribution in [0.4, 0.5) is 10.1 Å². The third-order valence-corrected chi connectivity index (χ3v) is 6.14. The van der Waals surface area contributed by atoms with E-state index in [1.807, 2.05) is 4.90 Å². The zero-order valence-electron chi connectivity index (χ0n) is 17.1. The van der Waals surface area contributed by atoms with Gasteiger partial charge < -0.3 is 19.7 Å². The zero-order valence-corrected chi connectivity index (χ0v) is 17.9. The Morgan fingerprint density at radius 2 is 1.97 bits per heavy atom. The molecule has 0 spiro atoms. The first-order chi connectivity index (χ1) is 13.9. The van der Waals surface area contributed by atoms with Crippen molar-refractivity contribution in [3.05, 3.63) is 16.4 Å². The Labute approximate surface area is 175 Å². The van der Waals surface area contributed by atoms with Crippen molar-refractivity contribution in [3.8, 4) is 11.5 Å². The van der Waals surface area contributed by atoms with Crippen LogP contribution in [-0.4, -0.2) is 43.0 Å². The summed E-state index contributed by atoms with van der Waals surface area (Å²) in [5, 5.41) is 2.58. The lowest BCUT2D eigenvalue weighted by molar-refractivity contribution is -0.130. The van der Waals surface area contributed by atoms with Gasteiger partial charge in [0.2, 0.25) is 11.8 Å². The number of hydrogen-bond acceptors (Lipinski definition) is 4. The summed E-state index contributed by atoms with van der Waals surface area (Å²) in [7, 11) is 1.35. The first-order valence-corrected chi connectivity index (χ1v) is 10.5. The van der Waals surface area contributed by atoms with E-state index in [2.05, 4.69) is 5.32 Å². The summed E-state index contributed by atoms with van der Waals surface area (Å²) >= 11 is 6.10. The first kappa shape index (κ1) is 21.7. The van der Waals surface area contributed by atoms with Crippen LogP contribution in [0.25, 0.3) is 0 Å². The predicted octanol–water partition coefficient (Wildman–Crippen LogP) is 4.31. The highest BCUT2D eigenvalue weighted by Gasteiger charge is 2.39. The monoisotopic (exact) mass is 426 g/mol. The molecule has 1 saturated carbocycles. The number of benzene rings is 1. The third-order valence-electron chi connectivity index (χ3n) is 5.80. The Morgan fingerprint density at radius 3 is 2.59 bits per heavy atom. The number of methoxy groups -OCH3 is 1. The van der Waals surface area contributed by atoms with Gasteiger partial charge in [-0.05, 0) is 26.7 Å². The van der Waals surface area contributed by atoms with Crippen LogP contribution in [0.3, 0.4) is 0 Å². The fourth-order valence-electron chi connectivity index (χ4n) is 4.27. The Bertz CT molecular complexity index is 796. The lowest BCUT2D eigenvalue weighted by Gasteiger charge is -2.31. The normalized spacial score (nSPS) is 20.1. The second-order valence-corrected chi connectivity index (χ2v) is 8.03. The summed E-state index contributed by atoms with van der Waals surface area (Å²) in [4.78, 5) is 27.3. The molecule has 1 saturated heterocycles. The molecule has 2 fully saturated rings. The lowest BCUT2D eigenvalue weighted by Crippen LogP contribution is -2.38. The molecule has 2 aliphatic rings. The van der Waals surface area contributed by atoms with E-state index < -0.39 is 11.7 Å². The lowest BCUT2D eigenvalue weighted by atomic mass is 9.94. The van der Waals surface area contributed by atoms with Gasteiger partial charge in [0.1, 0.15) is 10.7 Å². The highest BCUT2D eigenvalue weighted by molar-refractivity contribution is 6.33. The van der Waals surface area contributed by atoms with Crippen molar-refractivity contribution in [2.45, 2.75) is 58.4 Å². The molecule has 6 nitrogen and oxygen atoms in total. The Balaban J connectivity index is 1.82. The molecule has 0 bridgehead atoms. The maximum atomic E-state index is 14.4. The van der Waals surface area contributed by atoms with Gasteiger partial charge in [-0.1, -0.05) is 30.9 Å². The van der Waals surface area contributed by atoms with Gasteiger partial charge in [0.05, 0.1) is 19.6 Å². The van der Waals surface area contributed by atoms with Crippen molar-refractivity contribution in [1.82, 2.24) is 4.90 Å². The Hall–Kier alpha value is -2.02. The van der Waals surface area contributed by atoms with Crippen LogP contribution in [0.2, 0.25) is 5.02 Å². The molecule has 3 rings (SSSR count).